The number of nitrogen functional groups attached to an aromatic ring is 6. The number of nitrogens with two attached hydrogens (primary N) is 6. The highest BCUT2D eigenvalue weighted by Crippen LogP contribution is 2.24. The molecule has 0 amide bonds. The first-order valence-electron chi connectivity index (χ1n) is 20.2. The van der Waals surface area contributed by atoms with Gasteiger partial charge >= 0.3 is 0 Å². The van der Waals surface area contributed by atoms with Crippen LogP contribution in [0, 0.1) is 0 Å². The van der Waals surface area contributed by atoms with Crippen LogP contribution in [0.25, 0.3) is 0 Å². The lowest BCUT2D eigenvalue weighted by molar-refractivity contribution is 0.213. The molecule has 0 aliphatic carbocycles. The third-order valence-corrected chi connectivity index (χ3v) is 16.1. The summed E-state index contributed by atoms with van der Waals surface area (Å²) in [5, 5.41) is 0. The Bertz CT molecular complexity index is 2490. The number of anilines is 6. The molecule has 6 aromatic carbocycles. The second-order valence-electron chi connectivity index (χ2n) is 15.3. The number of nitrogens with zero attached hydrogens (tertiary/aromatic N) is 4. The Balaban J connectivity index is 1.36. The fourth-order valence-electron chi connectivity index (χ4n) is 6.79. The van der Waals surface area contributed by atoms with Gasteiger partial charge in [-0.25, -0.2) is 25.3 Å². The van der Waals surface area contributed by atoms with E-state index in [1.165, 1.54) is 85.7 Å². The van der Waals surface area contributed by atoms with E-state index in [2.05, 4.69) is 0 Å². The molecule has 0 saturated heterocycles. The van der Waals surface area contributed by atoms with Crippen LogP contribution in [0.15, 0.2) is 160 Å². The van der Waals surface area contributed by atoms with E-state index in [-0.39, 0.29) is 73.6 Å². The van der Waals surface area contributed by atoms with Crippen LogP contribution < -0.4 is 34.4 Å². The molecular formula is C45H54N10O6S3. The maximum Gasteiger partial charge on any atom is 0.243 e. The Morgan fingerprint density at radius 2 is 0.469 bits per heavy atom. The van der Waals surface area contributed by atoms with Gasteiger partial charge in [-0.3, -0.25) is 4.90 Å². The molecule has 0 aliphatic rings. The highest BCUT2D eigenvalue weighted by atomic mass is 32.2. The van der Waals surface area contributed by atoms with Gasteiger partial charge in [0.15, 0.2) is 0 Å². The summed E-state index contributed by atoms with van der Waals surface area (Å²) in [5.74, 6) is 0. The quantitative estimate of drug-likeness (QED) is 0.0545. The summed E-state index contributed by atoms with van der Waals surface area (Å²) < 4.78 is 90.2. The number of hydrogen-bond donors (Lipinski definition) is 6. The third kappa shape index (κ3) is 12.3. The van der Waals surface area contributed by atoms with Crippen molar-refractivity contribution in [3.05, 3.63) is 162 Å². The van der Waals surface area contributed by atoms with Crippen LogP contribution in [-0.4, -0.2) is 82.3 Å². The van der Waals surface area contributed by atoms with Crippen LogP contribution >= 0.6 is 0 Å². The van der Waals surface area contributed by atoms with Gasteiger partial charge in [-0.1, -0.05) is 36.4 Å². The lowest BCUT2D eigenvalue weighted by Crippen LogP contribution is -2.45. The van der Waals surface area contributed by atoms with Crippen molar-refractivity contribution in [2.45, 2.75) is 34.3 Å². The molecule has 0 aliphatic heterocycles. The molecule has 0 unspecified atom stereocenters. The Morgan fingerprint density at radius 1 is 0.281 bits per heavy atom. The largest absolute Gasteiger partial charge is 0.399 e. The van der Waals surface area contributed by atoms with Gasteiger partial charge in [-0.05, 0) is 126 Å². The van der Waals surface area contributed by atoms with Crippen LogP contribution in [-0.2, 0) is 49.7 Å². The highest BCUT2D eigenvalue weighted by molar-refractivity contribution is 7.89. The summed E-state index contributed by atoms with van der Waals surface area (Å²) in [6.45, 7) is -0.0677. The third-order valence-electron chi connectivity index (χ3n) is 10.6. The van der Waals surface area contributed by atoms with Gasteiger partial charge in [0.2, 0.25) is 30.1 Å². The molecule has 0 radical (unpaired) electrons. The van der Waals surface area contributed by atoms with Gasteiger partial charge in [0.25, 0.3) is 0 Å². The van der Waals surface area contributed by atoms with Crippen molar-refractivity contribution in [3.8, 4) is 0 Å². The number of hydrogen-bond acceptors (Lipinski definition) is 13. The molecule has 6 rings (SSSR count). The Hall–Kier alpha value is -6.19. The number of benzene rings is 6. The monoisotopic (exact) mass is 926 g/mol. The van der Waals surface area contributed by atoms with Gasteiger partial charge in [-0.2, -0.15) is 12.9 Å². The minimum absolute atomic E-state index is 0.0234. The van der Waals surface area contributed by atoms with Gasteiger partial charge < -0.3 is 34.4 Å². The second kappa shape index (κ2) is 20.5. The first-order valence-corrected chi connectivity index (χ1v) is 24.5. The zero-order valence-electron chi connectivity index (χ0n) is 35.1. The van der Waals surface area contributed by atoms with Crippen molar-refractivity contribution in [2.75, 3.05) is 73.7 Å². The maximum atomic E-state index is 14.4. The standard InChI is InChI=1S/C45H54N10O6S3/c46-37-7-1-34(2-8-37)31-53(62(56,57)43-19-13-40(49)14-20-43)28-25-52(26-29-54(32-35-3-9-38(47)10-4-35)63(58,59)44-21-15-41(50)16-22-44)27-30-55(33-36-5-11-39(48)12-6-36)64(60,61)45-23-17-42(51)18-24-45/h1-24H,25-33,46-51H2. The van der Waals surface area contributed by atoms with E-state index in [0.717, 1.165) is 0 Å². The Labute approximate surface area is 375 Å². The topological polar surface area (TPSA) is 272 Å². The van der Waals surface area contributed by atoms with Crippen LogP contribution in [0.1, 0.15) is 16.7 Å². The first kappa shape index (κ1) is 47.3. The number of sulfonamides is 3. The average Bonchev–Trinajstić information content (AvgIpc) is 3.27. The van der Waals surface area contributed by atoms with E-state index in [1.807, 2.05) is 4.90 Å². The van der Waals surface area contributed by atoms with Crippen molar-refractivity contribution < 1.29 is 25.3 Å². The van der Waals surface area contributed by atoms with Gasteiger partial charge in [0.05, 0.1) is 14.7 Å². The lowest BCUT2D eigenvalue weighted by atomic mass is 10.2. The molecule has 12 N–H and O–H groups in total. The van der Waals surface area contributed by atoms with Crippen molar-refractivity contribution in [1.29, 1.82) is 0 Å². The fraction of sp³-hybridized carbons (Fsp3) is 0.200. The van der Waals surface area contributed by atoms with E-state index in [9.17, 15) is 25.3 Å². The molecule has 0 heterocycles. The van der Waals surface area contributed by atoms with Crippen LogP contribution in [0.3, 0.4) is 0 Å². The molecule has 0 bridgehead atoms. The average molecular weight is 927 g/mol. The summed E-state index contributed by atoms with van der Waals surface area (Å²) in [6.07, 6.45) is 0. The molecule has 6 aromatic rings. The molecule has 16 nitrogen and oxygen atoms in total. The van der Waals surface area contributed by atoms with E-state index >= 15 is 0 Å². The van der Waals surface area contributed by atoms with Crippen molar-refractivity contribution in [3.63, 3.8) is 0 Å². The molecule has 0 saturated carbocycles. The molecule has 0 fully saturated rings. The maximum absolute atomic E-state index is 14.4. The molecular weight excluding hydrogens is 873 g/mol. The van der Waals surface area contributed by atoms with E-state index in [0.29, 0.717) is 50.8 Å². The zero-order valence-corrected chi connectivity index (χ0v) is 37.6. The molecule has 19 heteroatoms. The molecule has 338 valence electrons. The Kier molecular flexibility index (Phi) is 15.2. The summed E-state index contributed by atoms with van der Waals surface area (Å²) in [4.78, 5) is 1.93. The molecule has 0 spiro atoms. The smallest absolute Gasteiger partial charge is 0.243 e. The zero-order chi connectivity index (χ0) is 46.1. The van der Waals surface area contributed by atoms with Crippen molar-refractivity contribution in [2.24, 2.45) is 0 Å². The lowest BCUT2D eigenvalue weighted by Gasteiger charge is -2.31. The predicted octanol–water partition coefficient (Wildman–Crippen LogP) is 4.45. The number of rotatable bonds is 21. The van der Waals surface area contributed by atoms with Crippen molar-refractivity contribution >= 4 is 64.2 Å². The first-order chi connectivity index (χ1) is 30.4. The predicted molar refractivity (Wildman–Crippen MR) is 254 cm³/mol. The summed E-state index contributed by atoms with van der Waals surface area (Å²) in [7, 11) is -12.4. The molecule has 64 heavy (non-hydrogen) atoms. The summed E-state index contributed by atoms with van der Waals surface area (Å²) in [6, 6.07) is 38.2. The van der Waals surface area contributed by atoms with E-state index in [1.54, 1.807) is 72.8 Å². The van der Waals surface area contributed by atoms with Gasteiger partial charge in [-0.15, -0.1) is 0 Å². The second-order valence-corrected chi connectivity index (χ2v) is 21.1. The van der Waals surface area contributed by atoms with E-state index < -0.39 is 30.1 Å². The van der Waals surface area contributed by atoms with Gasteiger partial charge in [0, 0.05) is 93.0 Å². The minimum Gasteiger partial charge on any atom is -0.399 e. The normalized spacial score (nSPS) is 12.4. The molecule has 0 aromatic heterocycles. The minimum atomic E-state index is -4.13. The fourth-order valence-corrected chi connectivity index (χ4v) is 11.1. The summed E-state index contributed by atoms with van der Waals surface area (Å²) >= 11 is 0. The SMILES string of the molecule is Nc1ccc(CN(CCN(CCN(Cc2ccc(N)cc2)S(=O)(=O)c2ccc(N)cc2)CCN(Cc2ccc(N)cc2)S(=O)(=O)c2ccc(N)cc2)S(=O)(=O)c2ccc(N)cc2)cc1. The van der Waals surface area contributed by atoms with Crippen LogP contribution in [0.4, 0.5) is 34.1 Å². The summed E-state index contributed by atoms with van der Waals surface area (Å²) in [5.41, 5.74) is 40.3. The van der Waals surface area contributed by atoms with Crippen molar-refractivity contribution in [1.82, 2.24) is 17.8 Å². The van der Waals surface area contributed by atoms with Gasteiger partial charge in [0.1, 0.15) is 0 Å². The Morgan fingerprint density at radius 3 is 0.672 bits per heavy atom. The van der Waals surface area contributed by atoms with Crippen LogP contribution in [0.2, 0.25) is 0 Å². The van der Waals surface area contributed by atoms with E-state index in [4.69, 9.17) is 34.4 Å². The van der Waals surface area contributed by atoms with Crippen LogP contribution in [0.5, 0.6) is 0 Å². The highest BCUT2D eigenvalue weighted by Gasteiger charge is 2.30. The molecule has 0 atom stereocenters.